The molecule has 0 spiro atoms. The van der Waals surface area contributed by atoms with E-state index in [1.54, 1.807) is 0 Å². The van der Waals surface area contributed by atoms with Gasteiger partial charge in [-0.15, -0.1) is 0 Å². The highest BCUT2D eigenvalue weighted by atomic mass is 14.4. The van der Waals surface area contributed by atoms with Crippen LogP contribution in [0.25, 0.3) is 0 Å². The number of hydrogen-bond acceptors (Lipinski definition) is 0. The molecule has 0 aromatic heterocycles. The van der Waals surface area contributed by atoms with Crippen LogP contribution in [-0.4, -0.2) is 0 Å². The highest BCUT2D eigenvalue weighted by Gasteiger charge is 2.32. The van der Waals surface area contributed by atoms with E-state index in [0.29, 0.717) is 0 Å². The second-order valence-electron chi connectivity index (χ2n) is 4.79. The fourth-order valence-corrected chi connectivity index (χ4v) is 1.63. The normalized spacial score (nSPS) is 19.5. The van der Waals surface area contributed by atoms with Crippen molar-refractivity contribution in [3.63, 3.8) is 0 Å². The molecule has 12 heavy (non-hydrogen) atoms. The van der Waals surface area contributed by atoms with Crippen LogP contribution in [0.2, 0.25) is 0 Å². The van der Waals surface area contributed by atoms with E-state index in [1.165, 1.54) is 32.1 Å². The Labute approximate surface area is 78.8 Å². The Bertz CT molecular complexity index is 82.3. The van der Waals surface area contributed by atoms with Crippen LogP contribution in [0.5, 0.6) is 0 Å². The van der Waals surface area contributed by atoms with E-state index in [1.807, 2.05) is 0 Å². The van der Waals surface area contributed by atoms with Gasteiger partial charge in [0.25, 0.3) is 0 Å². The minimum atomic E-state index is 0.806. The molecule has 0 aromatic rings. The zero-order valence-corrected chi connectivity index (χ0v) is 9.61. The monoisotopic (exact) mass is 170 g/mol. The van der Waals surface area contributed by atoms with Crippen molar-refractivity contribution in [2.75, 3.05) is 0 Å². The lowest BCUT2D eigenvalue weighted by Crippen LogP contribution is -2.27. The molecule has 0 heterocycles. The summed E-state index contributed by atoms with van der Waals surface area (Å²) in [6.45, 7) is 11.1. The van der Waals surface area contributed by atoms with Gasteiger partial charge in [0.1, 0.15) is 0 Å². The van der Waals surface area contributed by atoms with Crippen molar-refractivity contribution in [1.29, 1.82) is 0 Å². The van der Waals surface area contributed by atoms with Gasteiger partial charge in [0, 0.05) is 0 Å². The van der Waals surface area contributed by atoms with Crippen molar-refractivity contribution in [2.45, 2.75) is 66.7 Å². The standard InChI is InChI=1S/C8H16.C4H10/c1-3-8(4-2)6-5-7-8;1-4(2)3/h3-7H2,1-2H3;4H,1-3H3. The summed E-state index contributed by atoms with van der Waals surface area (Å²) in [5.41, 5.74) is 0.806. The van der Waals surface area contributed by atoms with Crippen molar-refractivity contribution >= 4 is 0 Å². The molecule has 0 bridgehead atoms. The van der Waals surface area contributed by atoms with Gasteiger partial charge in [-0.2, -0.15) is 0 Å². The van der Waals surface area contributed by atoms with Crippen molar-refractivity contribution in [1.82, 2.24) is 0 Å². The number of rotatable bonds is 2. The molecule has 0 aromatic carbocycles. The fourth-order valence-electron chi connectivity index (χ4n) is 1.63. The Morgan fingerprint density at radius 2 is 1.33 bits per heavy atom. The second kappa shape index (κ2) is 5.61. The summed E-state index contributed by atoms with van der Waals surface area (Å²) in [6.07, 6.45) is 7.30. The van der Waals surface area contributed by atoms with Crippen LogP contribution in [0.15, 0.2) is 0 Å². The van der Waals surface area contributed by atoms with E-state index < -0.39 is 0 Å². The third-order valence-corrected chi connectivity index (χ3v) is 2.91. The Morgan fingerprint density at radius 3 is 1.33 bits per heavy atom. The van der Waals surface area contributed by atoms with Crippen LogP contribution in [0.4, 0.5) is 0 Å². The van der Waals surface area contributed by atoms with Gasteiger partial charge >= 0.3 is 0 Å². The van der Waals surface area contributed by atoms with Crippen molar-refractivity contribution < 1.29 is 0 Å². The third kappa shape index (κ3) is 4.13. The summed E-state index contributed by atoms with van der Waals surface area (Å²) in [5.74, 6) is 0.833. The van der Waals surface area contributed by atoms with Gasteiger partial charge in [-0.3, -0.25) is 0 Å². The Kier molecular flexibility index (Phi) is 5.61. The molecular formula is C12H26. The summed E-state index contributed by atoms with van der Waals surface area (Å²) >= 11 is 0. The van der Waals surface area contributed by atoms with Crippen LogP contribution in [0.3, 0.4) is 0 Å². The van der Waals surface area contributed by atoms with Crippen LogP contribution in [0, 0.1) is 11.3 Å². The molecule has 1 saturated carbocycles. The second-order valence-corrected chi connectivity index (χ2v) is 4.79. The predicted octanol–water partition coefficient (Wildman–Crippen LogP) is 4.64. The first kappa shape index (κ1) is 12.0. The van der Waals surface area contributed by atoms with Gasteiger partial charge in [-0.05, 0) is 24.2 Å². The Morgan fingerprint density at radius 1 is 1.00 bits per heavy atom. The lowest BCUT2D eigenvalue weighted by Gasteiger charge is -2.40. The van der Waals surface area contributed by atoms with E-state index in [0.717, 1.165) is 11.3 Å². The largest absolute Gasteiger partial charge is 0.0649 e. The molecule has 0 aliphatic heterocycles. The lowest BCUT2D eigenvalue weighted by atomic mass is 9.65. The summed E-state index contributed by atoms with van der Waals surface area (Å²) in [4.78, 5) is 0. The van der Waals surface area contributed by atoms with Gasteiger partial charge in [0.2, 0.25) is 0 Å². The Balaban J connectivity index is 0.000000261. The smallest absolute Gasteiger partial charge is 0.0303 e. The molecule has 1 aliphatic rings. The van der Waals surface area contributed by atoms with Crippen LogP contribution >= 0.6 is 0 Å². The molecule has 1 fully saturated rings. The van der Waals surface area contributed by atoms with Crippen molar-refractivity contribution in [2.24, 2.45) is 11.3 Å². The molecular weight excluding hydrogens is 144 g/mol. The predicted molar refractivity (Wildman–Crippen MR) is 57.4 cm³/mol. The molecule has 0 N–H and O–H groups in total. The summed E-state index contributed by atoms with van der Waals surface area (Å²) in [5, 5.41) is 0. The molecule has 0 amide bonds. The minimum Gasteiger partial charge on any atom is -0.0649 e. The zero-order valence-electron chi connectivity index (χ0n) is 9.61. The van der Waals surface area contributed by atoms with Crippen molar-refractivity contribution in [3.05, 3.63) is 0 Å². The van der Waals surface area contributed by atoms with Crippen molar-refractivity contribution in [3.8, 4) is 0 Å². The molecule has 1 aliphatic carbocycles. The van der Waals surface area contributed by atoms with Crippen LogP contribution < -0.4 is 0 Å². The number of hydrogen-bond donors (Lipinski definition) is 0. The van der Waals surface area contributed by atoms with E-state index in [-0.39, 0.29) is 0 Å². The summed E-state index contributed by atoms with van der Waals surface area (Å²) in [7, 11) is 0. The van der Waals surface area contributed by atoms with Gasteiger partial charge < -0.3 is 0 Å². The topological polar surface area (TPSA) is 0 Å². The maximum absolute atomic E-state index is 2.32. The molecule has 0 heteroatoms. The van der Waals surface area contributed by atoms with E-state index in [4.69, 9.17) is 0 Å². The summed E-state index contributed by atoms with van der Waals surface area (Å²) in [6, 6.07) is 0. The first-order chi connectivity index (χ1) is 5.56. The maximum atomic E-state index is 2.32. The van der Waals surface area contributed by atoms with Gasteiger partial charge in [-0.25, -0.2) is 0 Å². The van der Waals surface area contributed by atoms with Gasteiger partial charge in [0.05, 0.1) is 0 Å². The molecule has 0 nitrogen and oxygen atoms in total. The average Bonchev–Trinajstić information content (AvgIpc) is 1.86. The molecule has 0 atom stereocenters. The molecule has 1 rings (SSSR count). The molecule has 0 saturated heterocycles. The fraction of sp³-hybridized carbons (Fsp3) is 1.00. The van der Waals surface area contributed by atoms with Gasteiger partial charge in [0.15, 0.2) is 0 Å². The highest BCUT2D eigenvalue weighted by molar-refractivity contribution is 4.84. The minimum absolute atomic E-state index is 0.806. The molecule has 0 unspecified atom stereocenters. The van der Waals surface area contributed by atoms with Crippen LogP contribution in [0.1, 0.15) is 66.7 Å². The zero-order chi connectivity index (χ0) is 9.61. The third-order valence-electron chi connectivity index (χ3n) is 2.91. The maximum Gasteiger partial charge on any atom is -0.0303 e. The van der Waals surface area contributed by atoms with E-state index >= 15 is 0 Å². The van der Waals surface area contributed by atoms with E-state index in [2.05, 4.69) is 34.6 Å². The highest BCUT2D eigenvalue weighted by Crippen LogP contribution is 2.46. The lowest BCUT2D eigenvalue weighted by molar-refractivity contribution is 0.121. The first-order valence-corrected chi connectivity index (χ1v) is 5.56. The van der Waals surface area contributed by atoms with Crippen LogP contribution in [-0.2, 0) is 0 Å². The summed E-state index contributed by atoms with van der Waals surface area (Å²) < 4.78 is 0. The first-order valence-electron chi connectivity index (χ1n) is 5.56. The van der Waals surface area contributed by atoms with E-state index in [9.17, 15) is 0 Å². The molecule has 0 radical (unpaired) electrons. The molecule has 74 valence electrons. The van der Waals surface area contributed by atoms with Gasteiger partial charge in [-0.1, -0.05) is 53.9 Å². The average molecular weight is 170 g/mol. The Hall–Kier alpha value is 0. The SMILES string of the molecule is CC(C)C.CCC1(CC)CCC1. The quantitative estimate of drug-likeness (QED) is 0.566.